The highest BCUT2D eigenvalue weighted by Gasteiger charge is 2.18. The molecule has 0 fully saturated rings. The summed E-state index contributed by atoms with van der Waals surface area (Å²) in [6.45, 7) is 5.87. The summed E-state index contributed by atoms with van der Waals surface area (Å²) in [4.78, 5) is 13.0. The molecule has 0 saturated carbocycles. The average molecular weight is 270 g/mol. The maximum absolute atomic E-state index is 11.8. The van der Waals surface area contributed by atoms with Gasteiger partial charge in [-0.3, -0.25) is 4.79 Å². The van der Waals surface area contributed by atoms with Crippen LogP contribution in [0.2, 0.25) is 0 Å². The monoisotopic (exact) mass is 270 g/mol. The maximum Gasteiger partial charge on any atom is 0.234 e. The Labute approximate surface area is 113 Å². The number of carbonyl (C=O) groups is 1. The first kappa shape index (κ1) is 15.1. The highest BCUT2D eigenvalue weighted by molar-refractivity contribution is 7.10. The fourth-order valence-electron chi connectivity index (χ4n) is 1.64. The molecule has 0 aliphatic rings. The smallest absolute Gasteiger partial charge is 0.234 e. The largest absolute Gasteiger partial charge is 0.383 e. The van der Waals surface area contributed by atoms with Crippen molar-refractivity contribution in [2.24, 2.45) is 5.92 Å². The average Bonchev–Trinajstić information content (AvgIpc) is 2.85. The normalized spacial score (nSPS) is 12.7. The minimum Gasteiger partial charge on any atom is -0.383 e. The van der Waals surface area contributed by atoms with Crippen molar-refractivity contribution in [1.82, 2.24) is 10.6 Å². The lowest BCUT2D eigenvalue weighted by Gasteiger charge is -2.21. The van der Waals surface area contributed by atoms with Gasteiger partial charge in [0.05, 0.1) is 19.2 Å². The Morgan fingerprint density at radius 2 is 2.28 bits per heavy atom. The van der Waals surface area contributed by atoms with Crippen molar-refractivity contribution in [1.29, 1.82) is 0 Å². The van der Waals surface area contributed by atoms with E-state index < -0.39 is 0 Å². The standard InChI is InChI=1S/C13H22N2O2S/c1-10(2)13(11-5-4-8-18-11)15-12(16)9-14-6-7-17-3/h4-5,8,10,13-14H,6-7,9H2,1-3H3,(H,15,16). The topological polar surface area (TPSA) is 50.4 Å². The zero-order valence-electron chi connectivity index (χ0n) is 11.2. The molecule has 102 valence electrons. The number of hydrogen-bond acceptors (Lipinski definition) is 4. The van der Waals surface area contributed by atoms with Crippen LogP contribution in [0.15, 0.2) is 17.5 Å². The third kappa shape index (κ3) is 5.16. The number of carbonyl (C=O) groups excluding carboxylic acids is 1. The molecule has 0 saturated heterocycles. The summed E-state index contributed by atoms with van der Waals surface area (Å²) in [5.74, 6) is 0.407. The molecular weight excluding hydrogens is 248 g/mol. The fraction of sp³-hybridized carbons (Fsp3) is 0.615. The molecule has 1 atom stereocenters. The summed E-state index contributed by atoms with van der Waals surface area (Å²) in [7, 11) is 1.65. The number of thiophene rings is 1. The lowest BCUT2D eigenvalue weighted by molar-refractivity contribution is -0.121. The Morgan fingerprint density at radius 1 is 1.50 bits per heavy atom. The van der Waals surface area contributed by atoms with Gasteiger partial charge in [0.1, 0.15) is 0 Å². The van der Waals surface area contributed by atoms with E-state index in [-0.39, 0.29) is 11.9 Å². The van der Waals surface area contributed by atoms with Crippen LogP contribution >= 0.6 is 11.3 Å². The number of ether oxygens (including phenoxy) is 1. The SMILES string of the molecule is COCCNCC(=O)NC(c1cccs1)C(C)C. The molecule has 18 heavy (non-hydrogen) atoms. The van der Waals surface area contributed by atoms with E-state index in [0.717, 1.165) is 0 Å². The van der Waals surface area contributed by atoms with Crippen molar-refractivity contribution in [3.05, 3.63) is 22.4 Å². The Bertz CT molecular complexity index is 339. The lowest BCUT2D eigenvalue weighted by Crippen LogP contribution is -2.38. The van der Waals surface area contributed by atoms with Gasteiger partial charge in [0.15, 0.2) is 0 Å². The van der Waals surface area contributed by atoms with E-state index in [2.05, 4.69) is 30.5 Å². The summed E-state index contributed by atoms with van der Waals surface area (Å²) in [5, 5.41) is 8.14. The second-order valence-corrected chi connectivity index (χ2v) is 5.45. The van der Waals surface area contributed by atoms with Gasteiger partial charge >= 0.3 is 0 Å². The van der Waals surface area contributed by atoms with E-state index >= 15 is 0 Å². The van der Waals surface area contributed by atoms with Crippen LogP contribution in [0, 0.1) is 5.92 Å². The molecule has 1 heterocycles. The van der Waals surface area contributed by atoms with Crippen LogP contribution in [0.1, 0.15) is 24.8 Å². The van der Waals surface area contributed by atoms with Gasteiger partial charge in [0.2, 0.25) is 5.91 Å². The quantitative estimate of drug-likeness (QED) is 0.708. The zero-order valence-corrected chi connectivity index (χ0v) is 12.0. The first-order valence-corrected chi connectivity index (χ1v) is 7.05. The van der Waals surface area contributed by atoms with Crippen molar-refractivity contribution >= 4 is 17.2 Å². The van der Waals surface area contributed by atoms with E-state index in [0.29, 0.717) is 25.6 Å². The second-order valence-electron chi connectivity index (χ2n) is 4.47. The van der Waals surface area contributed by atoms with Crippen molar-refractivity contribution in [2.75, 3.05) is 26.8 Å². The Hall–Kier alpha value is -0.910. The van der Waals surface area contributed by atoms with Gasteiger partial charge in [0.25, 0.3) is 0 Å². The van der Waals surface area contributed by atoms with Crippen LogP contribution in [0.3, 0.4) is 0 Å². The molecule has 2 N–H and O–H groups in total. The van der Waals surface area contributed by atoms with Crippen molar-refractivity contribution in [3.8, 4) is 0 Å². The van der Waals surface area contributed by atoms with Gasteiger partial charge in [-0.25, -0.2) is 0 Å². The molecule has 5 heteroatoms. The molecule has 0 aliphatic carbocycles. The fourth-order valence-corrected chi connectivity index (χ4v) is 2.58. The third-order valence-electron chi connectivity index (χ3n) is 2.60. The first-order chi connectivity index (χ1) is 8.65. The highest BCUT2D eigenvalue weighted by atomic mass is 32.1. The summed E-state index contributed by atoms with van der Waals surface area (Å²) in [6, 6.07) is 4.17. The molecule has 0 aromatic carbocycles. The van der Waals surface area contributed by atoms with Crippen LogP contribution in [-0.2, 0) is 9.53 Å². The number of amides is 1. The molecule has 4 nitrogen and oxygen atoms in total. The van der Waals surface area contributed by atoms with Gasteiger partial charge in [-0.2, -0.15) is 0 Å². The minimum atomic E-state index is 0.0261. The molecule has 0 radical (unpaired) electrons. The van der Waals surface area contributed by atoms with Crippen LogP contribution in [0.25, 0.3) is 0 Å². The van der Waals surface area contributed by atoms with E-state index in [1.165, 1.54) is 4.88 Å². The predicted molar refractivity (Wildman–Crippen MR) is 74.8 cm³/mol. The summed E-state index contributed by atoms with van der Waals surface area (Å²) in [6.07, 6.45) is 0. The van der Waals surface area contributed by atoms with E-state index in [4.69, 9.17) is 4.74 Å². The third-order valence-corrected chi connectivity index (χ3v) is 3.56. The van der Waals surface area contributed by atoms with Crippen molar-refractivity contribution in [3.63, 3.8) is 0 Å². The van der Waals surface area contributed by atoms with Gasteiger partial charge in [-0.15, -0.1) is 11.3 Å². The predicted octanol–water partition coefficient (Wildman–Crippen LogP) is 1.80. The number of nitrogens with one attached hydrogen (secondary N) is 2. The number of methoxy groups -OCH3 is 1. The first-order valence-electron chi connectivity index (χ1n) is 6.17. The van der Waals surface area contributed by atoms with Crippen LogP contribution in [0.5, 0.6) is 0 Å². The van der Waals surface area contributed by atoms with Gasteiger partial charge in [0, 0.05) is 18.5 Å². The molecule has 1 amide bonds. The summed E-state index contributed by atoms with van der Waals surface area (Å²) in [5.41, 5.74) is 0. The molecule has 1 unspecified atom stereocenters. The number of hydrogen-bond donors (Lipinski definition) is 2. The van der Waals surface area contributed by atoms with E-state index in [9.17, 15) is 4.79 Å². The second kappa shape index (κ2) is 8.24. The highest BCUT2D eigenvalue weighted by Crippen LogP contribution is 2.25. The van der Waals surface area contributed by atoms with E-state index in [1.54, 1.807) is 18.4 Å². The van der Waals surface area contributed by atoms with E-state index in [1.807, 2.05) is 11.4 Å². The lowest BCUT2D eigenvalue weighted by atomic mass is 10.0. The maximum atomic E-state index is 11.8. The summed E-state index contributed by atoms with van der Waals surface area (Å²) >= 11 is 1.68. The molecule has 0 bridgehead atoms. The molecule has 1 aromatic heterocycles. The van der Waals surface area contributed by atoms with Crippen LogP contribution in [-0.4, -0.2) is 32.7 Å². The Morgan fingerprint density at radius 3 is 2.83 bits per heavy atom. The molecule has 0 spiro atoms. The van der Waals surface area contributed by atoms with Crippen LogP contribution in [0.4, 0.5) is 0 Å². The zero-order chi connectivity index (χ0) is 13.4. The van der Waals surface area contributed by atoms with Crippen molar-refractivity contribution < 1.29 is 9.53 Å². The van der Waals surface area contributed by atoms with Crippen molar-refractivity contribution in [2.45, 2.75) is 19.9 Å². The molecule has 1 rings (SSSR count). The molecular formula is C13H22N2O2S. The molecule has 0 aliphatic heterocycles. The van der Waals surface area contributed by atoms with Gasteiger partial charge < -0.3 is 15.4 Å². The Balaban J connectivity index is 2.40. The number of rotatable bonds is 8. The van der Waals surface area contributed by atoms with Crippen LogP contribution < -0.4 is 10.6 Å². The van der Waals surface area contributed by atoms with Gasteiger partial charge in [-0.1, -0.05) is 19.9 Å². The summed E-state index contributed by atoms with van der Waals surface area (Å²) < 4.78 is 4.91. The van der Waals surface area contributed by atoms with Gasteiger partial charge in [-0.05, 0) is 17.4 Å². The Kier molecular flexibility index (Phi) is 6.93. The minimum absolute atomic E-state index is 0.0261. The molecule has 1 aromatic rings.